The van der Waals surface area contributed by atoms with Crippen LogP contribution in [0.3, 0.4) is 0 Å². The fourth-order valence-electron chi connectivity index (χ4n) is 1.85. The molecule has 0 radical (unpaired) electrons. The number of nitrogens with one attached hydrogen (secondary N) is 2. The summed E-state index contributed by atoms with van der Waals surface area (Å²) in [5.41, 5.74) is 2.20. The van der Waals surface area contributed by atoms with Crippen LogP contribution in [0.15, 0.2) is 46.9 Å². The van der Waals surface area contributed by atoms with Gasteiger partial charge in [-0.3, -0.25) is 9.59 Å². The van der Waals surface area contributed by atoms with E-state index in [9.17, 15) is 9.59 Å². The molecule has 0 fully saturated rings. The Kier molecular flexibility index (Phi) is 5.57. The molecule has 0 heterocycles. The first kappa shape index (κ1) is 16.5. The lowest BCUT2D eigenvalue weighted by Gasteiger charge is -2.09. The van der Waals surface area contributed by atoms with Crippen molar-refractivity contribution in [1.29, 1.82) is 0 Å². The van der Waals surface area contributed by atoms with E-state index >= 15 is 0 Å². The number of halogens is 2. The molecule has 4 nitrogen and oxygen atoms in total. The average Bonchev–Trinajstić information content (AvgIpc) is 2.44. The van der Waals surface area contributed by atoms with E-state index in [2.05, 4.69) is 26.6 Å². The molecule has 0 saturated heterocycles. The molecular formula is C16H14BrClN2O2. The van der Waals surface area contributed by atoms with Crippen LogP contribution in [0.2, 0.25) is 5.02 Å². The molecule has 2 N–H and O–H groups in total. The number of hydrogen-bond acceptors (Lipinski definition) is 2. The van der Waals surface area contributed by atoms with Crippen LogP contribution in [0, 0.1) is 6.92 Å². The first-order valence-electron chi connectivity index (χ1n) is 6.55. The van der Waals surface area contributed by atoms with Gasteiger partial charge in [-0.05, 0) is 55.0 Å². The van der Waals surface area contributed by atoms with Crippen molar-refractivity contribution in [3.05, 3.63) is 57.5 Å². The van der Waals surface area contributed by atoms with Gasteiger partial charge in [0.15, 0.2) is 0 Å². The van der Waals surface area contributed by atoms with Crippen LogP contribution in [-0.4, -0.2) is 11.8 Å². The highest BCUT2D eigenvalue weighted by Gasteiger charge is 2.11. The van der Waals surface area contributed by atoms with Crippen molar-refractivity contribution in [2.45, 2.75) is 13.3 Å². The molecule has 0 aromatic heterocycles. The third kappa shape index (κ3) is 4.86. The van der Waals surface area contributed by atoms with Crippen molar-refractivity contribution in [1.82, 2.24) is 0 Å². The maximum absolute atomic E-state index is 11.9. The predicted octanol–water partition coefficient (Wildman–Crippen LogP) is 4.38. The number of rotatable bonds is 4. The maximum Gasteiger partial charge on any atom is 0.233 e. The molecule has 114 valence electrons. The highest BCUT2D eigenvalue weighted by atomic mass is 79.9. The van der Waals surface area contributed by atoms with E-state index in [4.69, 9.17) is 11.6 Å². The van der Waals surface area contributed by atoms with Crippen molar-refractivity contribution in [3.8, 4) is 0 Å². The van der Waals surface area contributed by atoms with E-state index in [1.54, 1.807) is 30.3 Å². The van der Waals surface area contributed by atoms with Gasteiger partial charge in [0.05, 0.1) is 0 Å². The van der Waals surface area contributed by atoms with Crippen LogP contribution in [0.25, 0.3) is 0 Å². The predicted molar refractivity (Wildman–Crippen MR) is 92.2 cm³/mol. The molecule has 0 aliphatic carbocycles. The fraction of sp³-hybridized carbons (Fsp3) is 0.125. The minimum atomic E-state index is -0.380. The standard InChI is InChI=1S/C16H14BrClN2O2/c1-10-8-11(17)2-7-14(10)20-16(22)9-15(21)19-13-5-3-12(18)4-6-13/h2-8H,9H2,1H3,(H,19,21)(H,20,22). The zero-order valence-corrected chi connectivity index (χ0v) is 14.2. The molecule has 6 heteroatoms. The zero-order valence-electron chi connectivity index (χ0n) is 11.8. The number of aryl methyl sites for hydroxylation is 1. The van der Waals surface area contributed by atoms with E-state index in [1.807, 2.05) is 19.1 Å². The smallest absolute Gasteiger partial charge is 0.233 e. The van der Waals surface area contributed by atoms with E-state index in [-0.39, 0.29) is 18.2 Å². The summed E-state index contributed by atoms with van der Waals surface area (Å²) in [5.74, 6) is -0.744. The van der Waals surface area contributed by atoms with Crippen LogP contribution >= 0.6 is 27.5 Å². The van der Waals surface area contributed by atoms with Crippen LogP contribution in [0.4, 0.5) is 11.4 Å². The first-order chi connectivity index (χ1) is 10.4. The summed E-state index contributed by atoms with van der Waals surface area (Å²) in [6.45, 7) is 1.88. The van der Waals surface area contributed by atoms with E-state index < -0.39 is 0 Å². The number of hydrogen-bond donors (Lipinski definition) is 2. The Morgan fingerprint density at radius 3 is 2.32 bits per heavy atom. The average molecular weight is 382 g/mol. The molecule has 2 aromatic carbocycles. The fourth-order valence-corrected chi connectivity index (χ4v) is 2.45. The van der Waals surface area contributed by atoms with Gasteiger partial charge in [-0.25, -0.2) is 0 Å². The summed E-state index contributed by atoms with van der Waals surface area (Å²) < 4.78 is 0.934. The molecule has 0 spiro atoms. The van der Waals surface area contributed by atoms with E-state index in [0.29, 0.717) is 16.4 Å². The molecule has 0 saturated carbocycles. The van der Waals surface area contributed by atoms with Crippen LogP contribution < -0.4 is 10.6 Å². The molecule has 0 aliphatic heterocycles. The second-order valence-corrected chi connectivity index (χ2v) is 6.09. The van der Waals surface area contributed by atoms with Crippen LogP contribution in [0.5, 0.6) is 0 Å². The highest BCUT2D eigenvalue weighted by Crippen LogP contribution is 2.20. The van der Waals surface area contributed by atoms with Crippen LogP contribution in [0.1, 0.15) is 12.0 Å². The summed E-state index contributed by atoms with van der Waals surface area (Å²) in [4.78, 5) is 23.7. The Labute approximate surface area is 142 Å². The summed E-state index contributed by atoms with van der Waals surface area (Å²) >= 11 is 9.13. The van der Waals surface area contributed by atoms with Gasteiger partial charge in [0.2, 0.25) is 11.8 Å². The van der Waals surface area contributed by atoms with Crippen molar-refractivity contribution in [2.75, 3.05) is 10.6 Å². The SMILES string of the molecule is Cc1cc(Br)ccc1NC(=O)CC(=O)Nc1ccc(Cl)cc1. The van der Waals surface area contributed by atoms with E-state index in [1.165, 1.54) is 0 Å². The largest absolute Gasteiger partial charge is 0.326 e. The third-order valence-electron chi connectivity index (χ3n) is 2.91. The summed E-state index contributed by atoms with van der Waals surface area (Å²) in [7, 11) is 0. The monoisotopic (exact) mass is 380 g/mol. The molecule has 2 aromatic rings. The maximum atomic E-state index is 11.9. The second kappa shape index (κ2) is 7.42. The van der Waals surface area contributed by atoms with Crippen molar-refractivity contribution in [2.24, 2.45) is 0 Å². The molecule has 2 rings (SSSR count). The molecule has 2 amide bonds. The summed E-state index contributed by atoms with van der Waals surface area (Å²) in [5, 5.41) is 5.95. The Morgan fingerprint density at radius 1 is 1.05 bits per heavy atom. The van der Waals surface area contributed by atoms with Gasteiger partial charge in [0.1, 0.15) is 6.42 Å². The number of anilines is 2. The Morgan fingerprint density at radius 2 is 1.68 bits per heavy atom. The van der Waals surface area contributed by atoms with Gasteiger partial charge in [-0.2, -0.15) is 0 Å². The molecule has 0 atom stereocenters. The van der Waals surface area contributed by atoms with Crippen LogP contribution in [-0.2, 0) is 9.59 Å². The zero-order chi connectivity index (χ0) is 16.1. The lowest BCUT2D eigenvalue weighted by atomic mass is 10.2. The van der Waals surface area contributed by atoms with Gasteiger partial charge in [0, 0.05) is 20.9 Å². The molecule has 0 aliphatic rings. The Bertz CT molecular complexity index is 702. The van der Waals surface area contributed by atoms with Crippen molar-refractivity contribution >= 4 is 50.7 Å². The minimum absolute atomic E-state index is 0.252. The third-order valence-corrected chi connectivity index (χ3v) is 3.66. The van der Waals surface area contributed by atoms with Gasteiger partial charge < -0.3 is 10.6 Å². The topological polar surface area (TPSA) is 58.2 Å². The minimum Gasteiger partial charge on any atom is -0.326 e. The molecule has 22 heavy (non-hydrogen) atoms. The quantitative estimate of drug-likeness (QED) is 0.772. The Hall–Kier alpha value is -1.85. The normalized spacial score (nSPS) is 10.1. The number of carbonyl (C=O) groups is 2. The molecular weight excluding hydrogens is 368 g/mol. The van der Waals surface area contributed by atoms with Crippen molar-refractivity contribution in [3.63, 3.8) is 0 Å². The summed E-state index contributed by atoms with van der Waals surface area (Å²) in [6.07, 6.45) is -0.252. The highest BCUT2D eigenvalue weighted by molar-refractivity contribution is 9.10. The lowest BCUT2D eigenvalue weighted by Crippen LogP contribution is -2.21. The van der Waals surface area contributed by atoms with Gasteiger partial charge in [-0.1, -0.05) is 27.5 Å². The number of amides is 2. The van der Waals surface area contributed by atoms with Gasteiger partial charge in [0.25, 0.3) is 0 Å². The molecule has 0 bridgehead atoms. The van der Waals surface area contributed by atoms with Gasteiger partial charge >= 0.3 is 0 Å². The van der Waals surface area contributed by atoms with E-state index in [0.717, 1.165) is 10.0 Å². The Balaban J connectivity index is 1.91. The van der Waals surface area contributed by atoms with Gasteiger partial charge in [-0.15, -0.1) is 0 Å². The van der Waals surface area contributed by atoms with Crippen molar-refractivity contribution < 1.29 is 9.59 Å². The molecule has 0 unspecified atom stereocenters. The number of carbonyl (C=O) groups excluding carboxylic acids is 2. The first-order valence-corrected chi connectivity index (χ1v) is 7.72. The second-order valence-electron chi connectivity index (χ2n) is 4.74. The lowest BCUT2D eigenvalue weighted by molar-refractivity contribution is -0.123. The number of benzene rings is 2. The summed E-state index contributed by atoms with van der Waals surface area (Å²) in [6, 6.07) is 12.2.